The van der Waals surface area contributed by atoms with Crippen molar-refractivity contribution in [3.8, 4) is 0 Å². The van der Waals surface area contributed by atoms with Crippen LogP contribution in [0.5, 0.6) is 0 Å². The molecule has 0 aromatic heterocycles. The van der Waals surface area contributed by atoms with Crippen LogP contribution >= 0.6 is 0 Å². The van der Waals surface area contributed by atoms with Crippen LogP contribution in [0.1, 0.15) is 58.8 Å². The summed E-state index contributed by atoms with van der Waals surface area (Å²) in [6.45, 7) is 7.80. The van der Waals surface area contributed by atoms with Gasteiger partial charge in [-0.1, -0.05) is 38.7 Å². The van der Waals surface area contributed by atoms with Crippen molar-refractivity contribution >= 4 is 0 Å². The summed E-state index contributed by atoms with van der Waals surface area (Å²) in [5.41, 5.74) is -0.470. The minimum Gasteiger partial charge on any atom is -0.390 e. The van der Waals surface area contributed by atoms with Gasteiger partial charge in [0.05, 0.1) is 5.60 Å². The first-order chi connectivity index (χ1) is 6.12. The van der Waals surface area contributed by atoms with Crippen molar-refractivity contribution in [3.05, 3.63) is 12.7 Å². The monoisotopic (exact) mass is 184 g/mol. The van der Waals surface area contributed by atoms with Gasteiger partial charge in [-0.05, 0) is 26.2 Å². The second-order valence-corrected chi connectivity index (χ2v) is 4.13. The van der Waals surface area contributed by atoms with Crippen LogP contribution in [-0.4, -0.2) is 10.7 Å². The van der Waals surface area contributed by atoms with Crippen LogP contribution in [-0.2, 0) is 0 Å². The summed E-state index contributed by atoms with van der Waals surface area (Å²) in [6.07, 6.45) is 9.52. The van der Waals surface area contributed by atoms with E-state index >= 15 is 0 Å². The molecular formula is C12H24O. The molecule has 1 unspecified atom stereocenters. The van der Waals surface area contributed by atoms with Crippen molar-refractivity contribution in [2.75, 3.05) is 0 Å². The summed E-state index contributed by atoms with van der Waals surface area (Å²) in [7, 11) is 0. The second-order valence-electron chi connectivity index (χ2n) is 4.13. The molecule has 0 spiro atoms. The lowest BCUT2D eigenvalue weighted by Crippen LogP contribution is -2.23. The van der Waals surface area contributed by atoms with Crippen LogP contribution < -0.4 is 0 Å². The van der Waals surface area contributed by atoms with Crippen molar-refractivity contribution in [2.24, 2.45) is 0 Å². The molecule has 0 bridgehead atoms. The molecule has 0 saturated carbocycles. The Labute approximate surface area is 82.9 Å². The van der Waals surface area contributed by atoms with Crippen molar-refractivity contribution in [1.29, 1.82) is 0 Å². The highest BCUT2D eigenvalue weighted by Crippen LogP contribution is 2.20. The summed E-state index contributed by atoms with van der Waals surface area (Å²) in [6, 6.07) is 0. The summed E-state index contributed by atoms with van der Waals surface area (Å²) in [5, 5.41) is 9.90. The van der Waals surface area contributed by atoms with Crippen molar-refractivity contribution in [1.82, 2.24) is 0 Å². The lowest BCUT2D eigenvalue weighted by molar-refractivity contribution is 0.0403. The second kappa shape index (κ2) is 7.14. The molecule has 0 aromatic carbocycles. The maximum absolute atomic E-state index is 9.90. The largest absolute Gasteiger partial charge is 0.390 e. The molecule has 0 aliphatic rings. The first-order valence-electron chi connectivity index (χ1n) is 5.45. The Balaban J connectivity index is 3.44. The van der Waals surface area contributed by atoms with E-state index in [-0.39, 0.29) is 0 Å². The smallest absolute Gasteiger partial charge is 0.0622 e. The molecule has 0 aliphatic carbocycles. The predicted molar refractivity (Wildman–Crippen MR) is 58.8 cm³/mol. The minimum atomic E-state index is -0.470. The zero-order valence-corrected chi connectivity index (χ0v) is 9.18. The average Bonchev–Trinajstić information content (AvgIpc) is 2.09. The summed E-state index contributed by atoms with van der Waals surface area (Å²) in [4.78, 5) is 0. The SMILES string of the molecule is C=CCCC(C)(O)CCCCCC. The number of aliphatic hydroxyl groups is 1. The Bertz CT molecular complexity index is 127. The van der Waals surface area contributed by atoms with Crippen molar-refractivity contribution in [2.45, 2.75) is 64.4 Å². The van der Waals surface area contributed by atoms with Gasteiger partial charge in [-0.2, -0.15) is 0 Å². The van der Waals surface area contributed by atoms with E-state index in [0.29, 0.717) is 0 Å². The average molecular weight is 184 g/mol. The van der Waals surface area contributed by atoms with Gasteiger partial charge in [-0.3, -0.25) is 0 Å². The molecule has 0 rings (SSSR count). The Kier molecular flexibility index (Phi) is 6.97. The standard InChI is InChI=1S/C12H24O/c1-4-6-8-9-11-12(3,13)10-7-5-2/h5,13H,2,4,6-11H2,1,3H3. The summed E-state index contributed by atoms with van der Waals surface area (Å²) < 4.78 is 0. The van der Waals surface area contributed by atoms with E-state index in [1.54, 1.807) is 0 Å². The Morgan fingerprint density at radius 1 is 1.23 bits per heavy atom. The fourth-order valence-electron chi connectivity index (χ4n) is 1.47. The van der Waals surface area contributed by atoms with Gasteiger partial charge in [0.2, 0.25) is 0 Å². The Morgan fingerprint density at radius 3 is 2.46 bits per heavy atom. The van der Waals surface area contributed by atoms with E-state index in [0.717, 1.165) is 25.7 Å². The molecule has 0 amide bonds. The first-order valence-corrected chi connectivity index (χ1v) is 5.45. The van der Waals surface area contributed by atoms with Gasteiger partial charge in [0.25, 0.3) is 0 Å². The molecule has 78 valence electrons. The van der Waals surface area contributed by atoms with E-state index in [1.165, 1.54) is 19.3 Å². The normalized spacial score (nSPS) is 15.3. The van der Waals surface area contributed by atoms with Crippen LogP contribution in [0.2, 0.25) is 0 Å². The Hall–Kier alpha value is -0.300. The highest BCUT2D eigenvalue weighted by molar-refractivity contribution is 4.77. The van der Waals surface area contributed by atoms with Crippen LogP contribution in [0.25, 0.3) is 0 Å². The lowest BCUT2D eigenvalue weighted by Gasteiger charge is -2.22. The van der Waals surface area contributed by atoms with Crippen LogP contribution in [0.3, 0.4) is 0 Å². The predicted octanol–water partition coefficient (Wildman–Crippen LogP) is 3.67. The van der Waals surface area contributed by atoms with Gasteiger partial charge in [0.1, 0.15) is 0 Å². The van der Waals surface area contributed by atoms with Crippen LogP contribution in [0.4, 0.5) is 0 Å². The third-order valence-electron chi connectivity index (χ3n) is 2.46. The number of hydrogen-bond acceptors (Lipinski definition) is 1. The maximum atomic E-state index is 9.90. The Morgan fingerprint density at radius 2 is 1.92 bits per heavy atom. The van der Waals surface area contributed by atoms with Gasteiger partial charge in [-0.15, -0.1) is 6.58 Å². The molecule has 0 fully saturated rings. The van der Waals surface area contributed by atoms with E-state index in [4.69, 9.17) is 0 Å². The third kappa shape index (κ3) is 8.04. The zero-order valence-electron chi connectivity index (χ0n) is 9.18. The molecule has 1 nitrogen and oxygen atoms in total. The molecule has 1 N–H and O–H groups in total. The van der Waals surface area contributed by atoms with E-state index in [1.807, 2.05) is 13.0 Å². The fourth-order valence-corrected chi connectivity index (χ4v) is 1.47. The molecule has 0 heterocycles. The minimum absolute atomic E-state index is 0.470. The molecular weight excluding hydrogens is 160 g/mol. The maximum Gasteiger partial charge on any atom is 0.0622 e. The van der Waals surface area contributed by atoms with Crippen molar-refractivity contribution < 1.29 is 5.11 Å². The van der Waals surface area contributed by atoms with E-state index in [9.17, 15) is 5.11 Å². The zero-order chi connectivity index (χ0) is 10.2. The van der Waals surface area contributed by atoms with E-state index in [2.05, 4.69) is 13.5 Å². The molecule has 0 saturated heterocycles. The van der Waals surface area contributed by atoms with Gasteiger partial charge < -0.3 is 5.11 Å². The fraction of sp³-hybridized carbons (Fsp3) is 0.833. The number of rotatable bonds is 8. The van der Waals surface area contributed by atoms with Crippen molar-refractivity contribution in [3.63, 3.8) is 0 Å². The van der Waals surface area contributed by atoms with Crippen LogP contribution in [0.15, 0.2) is 12.7 Å². The number of hydrogen-bond donors (Lipinski definition) is 1. The topological polar surface area (TPSA) is 20.2 Å². The molecule has 1 atom stereocenters. The summed E-state index contributed by atoms with van der Waals surface area (Å²) in [5.74, 6) is 0. The molecule has 0 aliphatic heterocycles. The lowest BCUT2D eigenvalue weighted by atomic mass is 9.93. The molecule has 0 aromatic rings. The number of unbranched alkanes of at least 4 members (excludes halogenated alkanes) is 3. The molecule has 1 heteroatoms. The molecule has 13 heavy (non-hydrogen) atoms. The van der Waals surface area contributed by atoms with E-state index < -0.39 is 5.60 Å². The highest BCUT2D eigenvalue weighted by atomic mass is 16.3. The first kappa shape index (κ1) is 12.7. The quantitative estimate of drug-likeness (QED) is 0.451. The molecule has 0 radical (unpaired) electrons. The highest BCUT2D eigenvalue weighted by Gasteiger charge is 2.17. The number of allylic oxidation sites excluding steroid dienone is 1. The third-order valence-corrected chi connectivity index (χ3v) is 2.46. The van der Waals surface area contributed by atoms with Gasteiger partial charge >= 0.3 is 0 Å². The van der Waals surface area contributed by atoms with Crippen LogP contribution in [0, 0.1) is 0 Å². The van der Waals surface area contributed by atoms with Gasteiger partial charge in [0.15, 0.2) is 0 Å². The van der Waals surface area contributed by atoms with Gasteiger partial charge in [-0.25, -0.2) is 0 Å². The summed E-state index contributed by atoms with van der Waals surface area (Å²) >= 11 is 0. The van der Waals surface area contributed by atoms with Gasteiger partial charge in [0, 0.05) is 0 Å².